The van der Waals surface area contributed by atoms with E-state index in [0.29, 0.717) is 13.2 Å². The highest BCUT2D eigenvalue weighted by atomic mass is 16.5. The van der Waals surface area contributed by atoms with Crippen LogP contribution in [0.25, 0.3) is 0 Å². The Morgan fingerprint density at radius 3 is 2.28 bits per heavy atom. The minimum Gasteiger partial charge on any atom is -0.508 e. The molecular formula is C27H29NO4. The van der Waals surface area contributed by atoms with Crippen LogP contribution in [0.3, 0.4) is 0 Å². The number of hydrogen-bond acceptors (Lipinski definition) is 5. The van der Waals surface area contributed by atoms with Crippen LogP contribution in [0.15, 0.2) is 66.7 Å². The van der Waals surface area contributed by atoms with Crippen LogP contribution < -0.4 is 9.47 Å². The molecule has 0 amide bonds. The molecule has 2 unspecified atom stereocenters. The largest absolute Gasteiger partial charge is 0.508 e. The van der Waals surface area contributed by atoms with Gasteiger partial charge in [0.2, 0.25) is 0 Å². The molecule has 0 aromatic heterocycles. The van der Waals surface area contributed by atoms with Crippen LogP contribution in [-0.4, -0.2) is 48.0 Å². The Balaban J connectivity index is 1.39. The number of phenolic OH excluding ortho intramolecular Hbond substituents is 2. The summed E-state index contributed by atoms with van der Waals surface area (Å²) in [5.74, 6) is 2.22. The van der Waals surface area contributed by atoms with Crippen molar-refractivity contribution in [2.75, 3.05) is 32.8 Å². The Hall–Kier alpha value is -3.18. The van der Waals surface area contributed by atoms with Crippen molar-refractivity contribution >= 4 is 0 Å². The number of rotatable bonds is 6. The number of aromatic hydroxyl groups is 2. The van der Waals surface area contributed by atoms with Gasteiger partial charge in [-0.05, 0) is 67.4 Å². The first kappa shape index (κ1) is 20.7. The van der Waals surface area contributed by atoms with E-state index in [4.69, 9.17) is 9.47 Å². The molecule has 2 N–H and O–H groups in total. The predicted molar refractivity (Wildman–Crippen MR) is 124 cm³/mol. The predicted octanol–water partition coefficient (Wildman–Crippen LogP) is 4.88. The fraction of sp³-hybridized carbons (Fsp3) is 0.333. The third kappa shape index (κ3) is 4.39. The zero-order chi connectivity index (χ0) is 21.9. The molecule has 5 rings (SSSR count). The first-order chi connectivity index (χ1) is 15.7. The first-order valence-electron chi connectivity index (χ1n) is 11.4. The summed E-state index contributed by atoms with van der Waals surface area (Å²) in [7, 11) is 0. The average molecular weight is 432 g/mol. The van der Waals surface area contributed by atoms with Crippen molar-refractivity contribution in [3.63, 3.8) is 0 Å². The van der Waals surface area contributed by atoms with E-state index in [1.165, 1.54) is 31.5 Å². The fourth-order valence-electron chi connectivity index (χ4n) is 4.89. The van der Waals surface area contributed by atoms with Crippen molar-refractivity contribution in [1.29, 1.82) is 0 Å². The van der Waals surface area contributed by atoms with Gasteiger partial charge in [0, 0.05) is 30.0 Å². The van der Waals surface area contributed by atoms with Crippen molar-refractivity contribution < 1.29 is 19.7 Å². The molecule has 166 valence electrons. The zero-order valence-corrected chi connectivity index (χ0v) is 18.1. The maximum absolute atomic E-state index is 9.93. The van der Waals surface area contributed by atoms with E-state index in [9.17, 15) is 10.2 Å². The second kappa shape index (κ2) is 9.13. The molecule has 0 aliphatic carbocycles. The SMILES string of the molecule is Oc1ccc(C2COc3cc(O)ccc3C2c2ccc(OCCN3CCCC3)cc2)cc1. The second-order valence-corrected chi connectivity index (χ2v) is 8.68. The summed E-state index contributed by atoms with van der Waals surface area (Å²) in [5.41, 5.74) is 3.33. The summed E-state index contributed by atoms with van der Waals surface area (Å²) in [6.07, 6.45) is 2.59. The molecule has 0 spiro atoms. The number of likely N-dealkylation sites (tertiary alicyclic amines) is 1. The van der Waals surface area contributed by atoms with Crippen molar-refractivity contribution in [3.05, 3.63) is 83.4 Å². The molecule has 2 heterocycles. The number of hydrogen-bond donors (Lipinski definition) is 2. The second-order valence-electron chi connectivity index (χ2n) is 8.68. The topological polar surface area (TPSA) is 62.2 Å². The third-order valence-corrected chi connectivity index (χ3v) is 6.59. The maximum Gasteiger partial charge on any atom is 0.126 e. The van der Waals surface area contributed by atoms with Crippen molar-refractivity contribution in [1.82, 2.24) is 4.90 Å². The quantitative estimate of drug-likeness (QED) is 0.582. The van der Waals surface area contributed by atoms with Crippen LogP contribution in [0.5, 0.6) is 23.0 Å². The van der Waals surface area contributed by atoms with Crippen molar-refractivity contribution in [3.8, 4) is 23.0 Å². The standard InChI is InChI=1S/C27H29NO4/c29-21-7-3-19(4-8-21)25-18-32-26-17-22(30)9-12-24(26)27(25)20-5-10-23(11-6-20)31-16-15-28-13-1-2-14-28/h3-12,17,25,27,29-30H,1-2,13-16,18H2. The third-order valence-electron chi connectivity index (χ3n) is 6.59. The van der Waals surface area contributed by atoms with Gasteiger partial charge in [-0.15, -0.1) is 0 Å². The normalized spacial score (nSPS) is 20.5. The monoisotopic (exact) mass is 431 g/mol. The van der Waals surface area contributed by atoms with Crippen molar-refractivity contribution in [2.45, 2.75) is 24.7 Å². The Morgan fingerprint density at radius 2 is 1.53 bits per heavy atom. The van der Waals surface area contributed by atoms with Crippen LogP contribution in [0.4, 0.5) is 0 Å². The molecular weight excluding hydrogens is 402 g/mol. The highest BCUT2D eigenvalue weighted by Crippen LogP contribution is 2.47. The van der Waals surface area contributed by atoms with Crippen LogP contribution in [-0.2, 0) is 0 Å². The summed E-state index contributed by atoms with van der Waals surface area (Å²) < 4.78 is 12.0. The number of phenols is 2. The van der Waals surface area contributed by atoms with E-state index in [1.807, 2.05) is 30.3 Å². The summed E-state index contributed by atoms with van der Waals surface area (Å²) >= 11 is 0. The molecule has 1 saturated heterocycles. The minimum atomic E-state index is 0.0718. The van der Waals surface area contributed by atoms with E-state index < -0.39 is 0 Å². The van der Waals surface area contributed by atoms with E-state index in [0.717, 1.165) is 29.2 Å². The van der Waals surface area contributed by atoms with Gasteiger partial charge in [-0.3, -0.25) is 4.90 Å². The summed E-state index contributed by atoms with van der Waals surface area (Å²) in [4.78, 5) is 2.45. The van der Waals surface area contributed by atoms with Gasteiger partial charge in [0.25, 0.3) is 0 Å². The lowest BCUT2D eigenvalue weighted by Gasteiger charge is -2.34. The number of ether oxygens (including phenoxy) is 2. The molecule has 1 fully saturated rings. The fourth-order valence-corrected chi connectivity index (χ4v) is 4.89. The molecule has 2 aliphatic heterocycles. The summed E-state index contributed by atoms with van der Waals surface area (Å²) in [5, 5.41) is 19.6. The lowest BCUT2D eigenvalue weighted by Crippen LogP contribution is -2.25. The number of fused-ring (bicyclic) bond motifs is 1. The van der Waals surface area contributed by atoms with Gasteiger partial charge in [0.15, 0.2) is 0 Å². The molecule has 5 nitrogen and oxygen atoms in total. The Labute approximate surface area is 188 Å². The summed E-state index contributed by atoms with van der Waals surface area (Å²) in [6.45, 7) is 4.54. The van der Waals surface area contributed by atoms with Crippen LogP contribution in [0.2, 0.25) is 0 Å². The van der Waals surface area contributed by atoms with Gasteiger partial charge in [-0.2, -0.15) is 0 Å². The molecule has 0 bridgehead atoms. The van der Waals surface area contributed by atoms with Crippen LogP contribution >= 0.6 is 0 Å². The van der Waals surface area contributed by atoms with Crippen LogP contribution in [0.1, 0.15) is 41.4 Å². The first-order valence-corrected chi connectivity index (χ1v) is 11.4. The Bertz CT molecular complexity index is 1040. The van der Waals surface area contributed by atoms with Gasteiger partial charge >= 0.3 is 0 Å². The van der Waals surface area contributed by atoms with E-state index >= 15 is 0 Å². The summed E-state index contributed by atoms with van der Waals surface area (Å²) in [6, 6.07) is 21.0. The average Bonchev–Trinajstić information content (AvgIpc) is 3.33. The highest BCUT2D eigenvalue weighted by molar-refractivity contribution is 5.51. The molecule has 2 atom stereocenters. The smallest absolute Gasteiger partial charge is 0.126 e. The van der Waals surface area contributed by atoms with Gasteiger partial charge in [-0.25, -0.2) is 0 Å². The molecule has 0 radical (unpaired) electrons. The van der Waals surface area contributed by atoms with E-state index in [2.05, 4.69) is 17.0 Å². The van der Waals surface area contributed by atoms with Crippen LogP contribution in [0, 0.1) is 0 Å². The van der Waals surface area contributed by atoms with E-state index in [1.54, 1.807) is 24.3 Å². The van der Waals surface area contributed by atoms with Gasteiger partial charge in [0.05, 0.1) is 6.61 Å². The maximum atomic E-state index is 9.93. The molecule has 3 aromatic rings. The lowest BCUT2D eigenvalue weighted by atomic mass is 9.76. The highest BCUT2D eigenvalue weighted by Gasteiger charge is 2.33. The Kier molecular flexibility index (Phi) is 5.91. The van der Waals surface area contributed by atoms with Gasteiger partial charge in [-0.1, -0.05) is 30.3 Å². The van der Waals surface area contributed by atoms with E-state index in [-0.39, 0.29) is 23.3 Å². The minimum absolute atomic E-state index is 0.0718. The van der Waals surface area contributed by atoms with Gasteiger partial charge in [0.1, 0.15) is 29.6 Å². The molecule has 2 aliphatic rings. The number of benzene rings is 3. The molecule has 5 heteroatoms. The lowest BCUT2D eigenvalue weighted by molar-refractivity contribution is 0.237. The Morgan fingerprint density at radius 1 is 0.844 bits per heavy atom. The molecule has 32 heavy (non-hydrogen) atoms. The van der Waals surface area contributed by atoms with Crippen molar-refractivity contribution in [2.24, 2.45) is 0 Å². The van der Waals surface area contributed by atoms with Gasteiger partial charge < -0.3 is 19.7 Å². The zero-order valence-electron chi connectivity index (χ0n) is 18.1. The molecule has 3 aromatic carbocycles. The number of nitrogens with zero attached hydrogens (tertiary/aromatic N) is 1. The molecule has 0 saturated carbocycles.